The van der Waals surface area contributed by atoms with Crippen LogP contribution >= 0.6 is 11.3 Å². The highest BCUT2D eigenvalue weighted by molar-refractivity contribution is 7.14. The summed E-state index contributed by atoms with van der Waals surface area (Å²) < 4.78 is 15.8. The molecular weight excluding hydrogens is 392 g/mol. The van der Waals surface area contributed by atoms with E-state index in [0.29, 0.717) is 17.4 Å². The van der Waals surface area contributed by atoms with E-state index in [9.17, 15) is 9.59 Å². The van der Waals surface area contributed by atoms with Crippen LogP contribution in [0.25, 0.3) is 0 Å². The number of benzene rings is 1. The van der Waals surface area contributed by atoms with Gasteiger partial charge in [0.05, 0.1) is 31.9 Å². The summed E-state index contributed by atoms with van der Waals surface area (Å²) in [5.74, 6) is -0.123. The first-order chi connectivity index (χ1) is 13.6. The van der Waals surface area contributed by atoms with Crippen LogP contribution in [-0.4, -0.2) is 36.4 Å². The van der Waals surface area contributed by atoms with Crippen LogP contribution in [-0.2, 0) is 20.8 Å². The summed E-state index contributed by atoms with van der Waals surface area (Å²) in [6.07, 6.45) is -0.502. The third-order valence-electron chi connectivity index (χ3n) is 3.94. The molecule has 1 aromatic heterocycles. The number of carbonyl (C=O) groups excluding carboxylic acids is 2. The lowest BCUT2D eigenvalue weighted by Crippen LogP contribution is -2.36. The monoisotopic (exact) mass is 420 g/mol. The Bertz CT molecular complexity index is 826. The molecule has 1 amide bonds. The molecule has 1 heterocycles. The molecule has 158 valence electrons. The van der Waals surface area contributed by atoms with Gasteiger partial charge in [0.25, 0.3) is 0 Å². The number of thiazole rings is 1. The minimum atomic E-state index is -0.645. The average Bonchev–Trinajstić information content (AvgIpc) is 3.14. The van der Waals surface area contributed by atoms with Gasteiger partial charge in [-0.05, 0) is 52.3 Å². The molecule has 0 aliphatic rings. The summed E-state index contributed by atoms with van der Waals surface area (Å²) >= 11 is 1.28. The molecule has 0 spiro atoms. The molecule has 0 bridgehead atoms. The molecule has 0 aliphatic heterocycles. The highest BCUT2D eigenvalue weighted by Crippen LogP contribution is 2.29. The molecule has 1 unspecified atom stereocenters. The van der Waals surface area contributed by atoms with Gasteiger partial charge >= 0.3 is 12.1 Å². The Morgan fingerprint density at radius 3 is 2.41 bits per heavy atom. The first-order valence-corrected chi connectivity index (χ1v) is 10.3. The van der Waals surface area contributed by atoms with Crippen LogP contribution in [0.1, 0.15) is 51.8 Å². The van der Waals surface area contributed by atoms with E-state index in [1.54, 1.807) is 26.3 Å². The molecule has 0 radical (unpaired) electrons. The van der Waals surface area contributed by atoms with Crippen LogP contribution in [0.2, 0.25) is 0 Å². The Morgan fingerprint density at radius 1 is 1.21 bits per heavy atom. The lowest BCUT2D eigenvalue weighted by atomic mass is 10.1. The van der Waals surface area contributed by atoms with Gasteiger partial charge in [0.2, 0.25) is 0 Å². The number of rotatable bonds is 7. The quantitative estimate of drug-likeness (QED) is 0.601. The zero-order chi connectivity index (χ0) is 21.6. The largest absolute Gasteiger partial charge is 0.497 e. The fourth-order valence-electron chi connectivity index (χ4n) is 2.43. The maximum atomic E-state index is 12.9. The Hall–Kier alpha value is -2.61. The minimum absolute atomic E-state index is 0.277. The SMILES string of the molecule is CCOC(=O)C(C)c1csc(N(Cc2ccc(OC)cc2)C(=O)OC(C)(C)C)n1. The fraction of sp³-hybridized carbons (Fsp3) is 0.476. The molecule has 0 saturated carbocycles. The van der Waals surface area contributed by atoms with Crippen LogP contribution in [0.3, 0.4) is 0 Å². The van der Waals surface area contributed by atoms with E-state index in [-0.39, 0.29) is 12.5 Å². The first-order valence-electron chi connectivity index (χ1n) is 9.40. The second kappa shape index (κ2) is 9.73. The summed E-state index contributed by atoms with van der Waals surface area (Å²) in [7, 11) is 1.60. The Labute approximate surface area is 175 Å². The highest BCUT2D eigenvalue weighted by Gasteiger charge is 2.27. The van der Waals surface area contributed by atoms with E-state index < -0.39 is 17.6 Å². The van der Waals surface area contributed by atoms with Crippen molar-refractivity contribution in [1.82, 2.24) is 4.98 Å². The minimum Gasteiger partial charge on any atom is -0.497 e. The van der Waals surface area contributed by atoms with Crippen LogP contribution in [0.4, 0.5) is 9.93 Å². The lowest BCUT2D eigenvalue weighted by molar-refractivity contribution is -0.144. The van der Waals surface area contributed by atoms with Gasteiger partial charge in [0.1, 0.15) is 11.4 Å². The number of carbonyl (C=O) groups is 2. The van der Waals surface area contributed by atoms with Crippen molar-refractivity contribution in [1.29, 1.82) is 0 Å². The third-order valence-corrected chi connectivity index (χ3v) is 4.82. The zero-order valence-corrected chi connectivity index (χ0v) is 18.5. The van der Waals surface area contributed by atoms with Crippen molar-refractivity contribution in [3.63, 3.8) is 0 Å². The van der Waals surface area contributed by atoms with Crippen molar-refractivity contribution < 1.29 is 23.8 Å². The molecule has 0 aliphatic carbocycles. The molecular formula is C21H28N2O5S. The van der Waals surface area contributed by atoms with Gasteiger partial charge in [0.15, 0.2) is 5.13 Å². The van der Waals surface area contributed by atoms with Crippen molar-refractivity contribution in [2.75, 3.05) is 18.6 Å². The van der Waals surface area contributed by atoms with Gasteiger partial charge in [-0.25, -0.2) is 14.7 Å². The molecule has 7 nitrogen and oxygen atoms in total. The van der Waals surface area contributed by atoms with E-state index in [1.807, 2.05) is 45.0 Å². The highest BCUT2D eigenvalue weighted by atomic mass is 32.1. The van der Waals surface area contributed by atoms with Crippen molar-refractivity contribution in [3.05, 3.63) is 40.9 Å². The van der Waals surface area contributed by atoms with Crippen LogP contribution < -0.4 is 9.64 Å². The number of nitrogens with zero attached hydrogens (tertiary/aromatic N) is 2. The topological polar surface area (TPSA) is 78.0 Å². The maximum Gasteiger partial charge on any atom is 0.416 e. The van der Waals surface area contributed by atoms with E-state index in [2.05, 4.69) is 4.98 Å². The molecule has 0 fully saturated rings. The summed E-state index contributed by atoms with van der Waals surface area (Å²) in [6, 6.07) is 7.43. The van der Waals surface area contributed by atoms with Gasteiger partial charge in [0, 0.05) is 5.38 Å². The molecule has 1 atom stereocenters. The summed E-state index contributed by atoms with van der Waals surface area (Å²) in [5, 5.41) is 2.23. The van der Waals surface area contributed by atoms with Gasteiger partial charge < -0.3 is 14.2 Å². The van der Waals surface area contributed by atoms with Gasteiger partial charge in [-0.1, -0.05) is 12.1 Å². The number of anilines is 1. The normalized spacial score (nSPS) is 12.2. The van der Waals surface area contributed by atoms with E-state index >= 15 is 0 Å². The first kappa shape index (κ1) is 22.7. The molecule has 8 heteroatoms. The zero-order valence-electron chi connectivity index (χ0n) is 17.7. The van der Waals surface area contributed by atoms with Crippen molar-refractivity contribution in [2.24, 2.45) is 0 Å². The molecule has 2 rings (SSSR count). The molecule has 2 aromatic rings. The predicted octanol–water partition coefficient (Wildman–Crippen LogP) is 4.76. The second-order valence-electron chi connectivity index (χ2n) is 7.44. The molecule has 0 saturated heterocycles. The third kappa shape index (κ3) is 6.45. The van der Waals surface area contributed by atoms with Crippen molar-refractivity contribution in [3.8, 4) is 5.75 Å². The number of amides is 1. The standard InChI is InChI=1S/C21H28N2O5S/c1-7-27-18(24)14(2)17-13-29-19(22-17)23(20(25)28-21(3,4)5)12-15-8-10-16(26-6)11-9-15/h8-11,13-14H,7,12H2,1-6H3. The molecule has 0 N–H and O–H groups in total. The van der Waals surface area contributed by atoms with E-state index in [1.165, 1.54) is 16.2 Å². The predicted molar refractivity (Wildman–Crippen MR) is 113 cm³/mol. The number of esters is 1. The molecule has 1 aromatic carbocycles. The Kier molecular flexibility index (Phi) is 7.61. The smallest absolute Gasteiger partial charge is 0.416 e. The number of ether oxygens (including phenoxy) is 3. The summed E-state index contributed by atoms with van der Waals surface area (Å²) in [6.45, 7) is 9.52. The number of hydrogen-bond donors (Lipinski definition) is 0. The van der Waals surface area contributed by atoms with Crippen LogP contribution in [0.15, 0.2) is 29.6 Å². The van der Waals surface area contributed by atoms with Crippen LogP contribution in [0.5, 0.6) is 5.75 Å². The van der Waals surface area contributed by atoms with Crippen LogP contribution in [0, 0.1) is 0 Å². The van der Waals surface area contributed by atoms with Gasteiger partial charge in [-0.15, -0.1) is 11.3 Å². The second-order valence-corrected chi connectivity index (χ2v) is 8.28. The van der Waals surface area contributed by atoms with Gasteiger partial charge in [-0.3, -0.25) is 4.79 Å². The summed E-state index contributed by atoms with van der Waals surface area (Å²) in [4.78, 5) is 30.9. The maximum absolute atomic E-state index is 12.9. The van der Waals surface area contributed by atoms with E-state index in [0.717, 1.165) is 11.3 Å². The van der Waals surface area contributed by atoms with Crippen molar-refractivity contribution >= 4 is 28.5 Å². The van der Waals surface area contributed by atoms with E-state index in [4.69, 9.17) is 14.2 Å². The number of methoxy groups -OCH3 is 1. The number of aromatic nitrogens is 1. The fourth-order valence-corrected chi connectivity index (χ4v) is 3.34. The lowest BCUT2D eigenvalue weighted by Gasteiger charge is -2.26. The van der Waals surface area contributed by atoms with Gasteiger partial charge in [-0.2, -0.15) is 0 Å². The molecule has 29 heavy (non-hydrogen) atoms. The number of hydrogen-bond acceptors (Lipinski definition) is 7. The Morgan fingerprint density at radius 2 is 1.86 bits per heavy atom. The Balaban J connectivity index is 2.29. The van der Waals surface area contributed by atoms with Crippen molar-refractivity contribution in [2.45, 2.75) is 52.7 Å². The summed E-state index contributed by atoms with van der Waals surface area (Å²) in [5.41, 5.74) is 0.812. The average molecular weight is 421 g/mol.